The first kappa shape index (κ1) is 14.5. The number of nitrogens with one attached hydrogen (secondary N) is 1. The zero-order valence-electron chi connectivity index (χ0n) is 12.5. The Hall–Kier alpha value is -1.39. The molecule has 2 fully saturated rings. The van der Waals surface area contributed by atoms with Gasteiger partial charge in [0.15, 0.2) is 0 Å². The van der Waals surface area contributed by atoms with Gasteiger partial charge >= 0.3 is 0 Å². The van der Waals surface area contributed by atoms with Gasteiger partial charge in [-0.3, -0.25) is 4.79 Å². The van der Waals surface area contributed by atoms with Crippen LogP contribution >= 0.6 is 0 Å². The second kappa shape index (κ2) is 7.05. The highest BCUT2D eigenvalue weighted by Crippen LogP contribution is 2.24. The second-order valence-electron chi connectivity index (χ2n) is 6.01. The summed E-state index contributed by atoms with van der Waals surface area (Å²) in [5.74, 6) is 0.850. The third-order valence-corrected chi connectivity index (χ3v) is 4.51. The third-order valence-electron chi connectivity index (χ3n) is 4.51. The monoisotopic (exact) mass is 288 g/mol. The lowest BCUT2D eigenvalue weighted by Gasteiger charge is -2.34. The van der Waals surface area contributed by atoms with Crippen molar-refractivity contribution in [3.63, 3.8) is 0 Å². The standard InChI is InChI=1S/C17H24N2O2/c20-17(12-14-6-8-18-9-7-14)19-10-11-21-16(13-19)15-4-2-1-3-5-15/h1-5,14,16,18H,6-13H2. The highest BCUT2D eigenvalue weighted by atomic mass is 16.5. The summed E-state index contributed by atoms with van der Waals surface area (Å²) in [6, 6.07) is 10.2. The molecule has 114 valence electrons. The predicted molar refractivity (Wildman–Crippen MR) is 81.9 cm³/mol. The normalized spacial score (nSPS) is 24.0. The molecule has 21 heavy (non-hydrogen) atoms. The van der Waals surface area contributed by atoms with Crippen molar-refractivity contribution in [3.8, 4) is 0 Å². The molecule has 0 bridgehead atoms. The van der Waals surface area contributed by atoms with Gasteiger partial charge in [-0.2, -0.15) is 0 Å². The molecule has 0 aliphatic carbocycles. The molecule has 1 aromatic rings. The molecule has 2 saturated heterocycles. The molecular formula is C17H24N2O2. The average molecular weight is 288 g/mol. The Labute approximate surface area is 126 Å². The van der Waals surface area contributed by atoms with Gasteiger partial charge in [-0.25, -0.2) is 0 Å². The number of benzene rings is 1. The molecule has 2 heterocycles. The minimum absolute atomic E-state index is 0.0249. The van der Waals surface area contributed by atoms with Crippen LogP contribution in [0.5, 0.6) is 0 Å². The van der Waals surface area contributed by atoms with E-state index in [2.05, 4.69) is 17.4 Å². The van der Waals surface area contributed by atoms with Crippen molar-refractivity contribution >= 4 is 5.91 Å². The molecule has 2 aliphatic rings. The largest absolute Gasteiger partial charge is 0.370 e. The van der Waals surface area contributed by atoms with Crippen molar-refractivity contribution in [1.29, 1.82) is 0 Å². The van der Waals surface area contributed by atoms with Crippen LogP contribution in [0.1, 0.15) is 30.9 Å². The molecule has 1 aromatic carbocycles. The van der Waals surface area contributed by atoms with Gasteiger partial charge in [0.1, 0.15) is 6.10 Å². The lowest BCUT2D eigenvalue weighted by atomic mass is 9.94. The lowest BCUT2D eigenvalue weighted by molar-refractivity contribution is -0.140. The molecule has 0 aromatic heterocycles. The van der Waals surface area contributed by atoms with E-state index in [1.165, 1.54) is 0 Å². The van der Waals surface area contributed by atoms with Crippen LogP contribution in [0.25, 0.3) is 0 Å². The maximum Gasteiger partial charge on any atom is 0.223 e. The Morgan fingerprint density at radius 1 is 1.24 bits per heavy atom. The number of morpholine rings is 1. The molecule has 2 aliphatic heterocycles. The molecule has 1 N–H and O–H groups in total. The maximum atomic E-state index is 12.5. The van der Waals surface area contributed by atoms with E-state index in [0.29, 0.717) is 31.4 Å². The summed E-state index contributed by atoms with van der Waals surface area (Å²) in [5, 5.41) is 3.35. The molecule has 0 radical (unpaired) electrons. The van der Waals surface area contributed by atoms with Crippen molar-refractivity contribution in [1.82, 2.24) is 10.2 Å². The van der Waals surface area contributed by atoms with Gasteiger partial charge in [0, 0.05) is 13.0 Å². The summed E-state index contributed by atoms with van der Waals surface area (Å²) < 4.78 is 5.83. The van der Waals surface area contributed by atoms with Crippen LogP contribution in [-0.2, 0) is 9.53 Å². The zero-order chi connectivity index (χ0) is 14.5. The van der Waals surface area contributed by atoms with Gasteiger partial charge in [0.2, 0.25) is 5.91 Å². The predicted octanol–water partition coefficient (Wildman–Crippen LogP) is 1.98. The van der Waals surface area contributed by atoms with E-state index in [4.69, 9.17) is 4.74 Å². The first-order chi connectivity index (χ1) is 10.3. The van der Waals surface area contributed by atoms with Gasteiger partial charge in [-0.1, -0.05) is 30.3 Å². The number of amides is 1. The zero-order valence-corrected chi connectivity index (χ0v) is 12.5. The molecule has 1 amide bonds. The summed E-state index contributed by atoms with van der Waals surface area (Å²) in [6.07, 6.45) is 2.97. The van der Waals surface area contributed by atoms with Crippen LogP contribution in [0.4, 0.5) is 0 Å². The fourth-order valence-corrected chi connectivity index (χ4v) is 3.21. The summed E-state index contributed by atoms with van der Waals surface area (Å²) in [5.41, 5.74) is 1.16. The molecule has 4 heteroatoms. The van der Waals surface area contributed by atoms with Crippen molar-refractivity contribution in [2.24, 2.45) is 5.92 Å². The maximum absolute atomic E-state index is 12.5. The molecular weight excluding hydrogens is 264 g/mol. The molecule has 1 unspecified atom stereocenters. The average Bonchev–Trinajstić information content (AvgIpc) is 2.57. The molecule has 0 spiro atoms. The first-order valence-electron chi connectivity index (χ1n) is 7.98. The summed E-state index contributed by atoms with van der Waals surface area (Å²) in [7, 11) is 0. The van der Waals surface area contributed by atoms with Crippen LogP contribution in [-0.4, -0.2) is 43.6 Å². The molecule has 4 nitrogen and oxygen atoms in total. The highest BCUT2D eigenvalue weighted by Gasteiger charge is 2.27. The van der Waals surface area contributed by atoms with E-state index in [0.717, 1.165) is 38.0 Å². The van der Waals surface area contributed by atoms with E-state index in [9.17, 15) is 4.79 Å². The highest BCUT2D eigenvalue weighted by molar-refractivity contribution is 5.76. The fraction of sp³-hybridized carbons (Fsp3) is 0.588. The Morgan fingerprint density at radius 2 is 2.00 bits per heavy atom. The quantitative estimate of drug-likeness (QED) is 0.924. The minimum atomic E-state index is 0.0249. The number of carbonyl (C=O) groups excluding carboxylic acids is 1. The number of rotatable bonds is 3. The van der Waals surface area contributed by atoms with E-state index in [1.54, 1.807) is 0 Å². The number of ether oxygens (including phenoxy) is 1. The van der Waals surface area contributed by atoms with Crippen molar-refractivity contribution < 1.29 is 9.53 Å². The molecule has 1 atom stereocenters. The number of nitrogens with zero attached hydrogens (tertiary/aromatic N) is 1. The topological polar surface area (TPSA) is 41.6 Å². The van der Waals surface area contributed by atoms with Crippen LogP contribution in [0, 0.1) is 5.92 Å². The Balaban J connectivity index is 1.56. The summed E-state index contributed by atoms with van der Waals surface area (Å²) in [6.45, 7) is 4.15. The number of hydrogen-bond donors (Lipinski definition) is 1. The van der Waals surface area contributed by atoms with E-state index in [1.807, 2.05) is 23.1 Å². The molecule has 0 saturated carbocycles. The minimum Gasteiger partial charge on any atom is -0.370 e. The summed E-state index contributed by atoms with van der Waals surface area (Å²) >= 11 is 0. The number of hydrogen-bond acceptors (Lipinski definition) is 3. The lowest BCUT2D eigenvalue weighted by Crippen LogP contribution is -2.43. The van der Waals surface area contributed by atoms with Gasteiger partial charge in [-0.15, -0.1) is 0 Å². The Kier molecular flexibility index (Phi) is 4.88. The third kappa shape index (κ3) is 3.83. The van der Waals surface area contributed by atoms with E-state index < -0.39 is 0 Å². The van der Waals surface area contributed by atoms with E-state index in [-0.39, 0.29) is 6.10 Å². The van der Waals surface area contributed by atoms with Crippen LogP contribution in [0.2, 0.25) is 0 Å². The SMILES string of the molecule is O=C(CC1CCNCC1)N1CCOC(c2ccccc2)C1. The van der Waals surface area contributed by atoms with Crippen molar-refractivity contribution in [3.05, 3.63) is 35.9 Å². The van der Waals surface area contributed by atoms with Gasteiger partial charge in [-0.05, 0) is 37.4 Å². The first-order valence-corrected chi connectivity index (χ1v) is 7.98. The summed E-state index contributed by atoms with van der Waals surface area (Å²) in [4.78, 5) is 14.5. The van der Waals surface area contributed by atoms with Crippen LogP contribution < -0.4 is 5.32 Å². The van der Waals surface area contributed by atoms with E-state index >= 15 is 0 Å². The smallest absolute Gasteiger partial charge is 0.223 e. The van der Waals surface area contributed by atoms with Crippen molar-refractivity contribution in [2.75, 3.05) is 32.8 Å². The van der Waals surface area contributed by atoms with Gasteiger partial charge in [0.25, 0.3) is 0 Å². The Morgan fingerprint density at radius 3 is 2.76 bits per heavy atom. The number of carbonyl (C=O) groups is 1. The second-order valence-corrected chi connectivity index (χ2v) is 6.01. The van der Waals surface area contributed by atoms with Crippen LogP contribution in [0.15, 0.2) is 30.3 Å². The van der Waals surface area contributed by atoms with Gasteiger partial charge in [0.05, 0.1) is 13.2 Å². The molecule has 3 rings (SSSR count). The Bertz CT molecular complexity index is 457. The van der Waals surface area contributed by atoms with Crippen LogP contribution in [0.3, 0.4) is 0 Å². The van der Waals surface area contributed by atoms with Gasteiger partial charge < -0.3 is 15.0 Å². The fourth-order valence-electron chi connectivity index (χ4n) is 3.21. The van der Waals surface area contributed by atoms with Crippen molar-refractivity contribution in [2.45, 2.75) is 25.4 Å². The number of piperidine rings is 1.